The summed E-state index contributed by atoms with van der Waals surface area (Å²) in [6.45, 7) is 2.01. The monoisotopic (exact) mass is 298 g/mol. The summed E-state index contributed by atoms with van der Waals surface area (Å²) in [6, 6.07) is 6.07. The Labute approximate surface area is 108 Å². The van der Waals surface area contributed by atoms with E-state index in [0.29, 0.717) is 0 Å². The summed E-state index contributed by atoms with van der Waals surface area (Å²) in [6.07, 6.45) is 4.38. The van der Waals surface area contributed by atoms with Gasteiger partial charge in [0, 0.05) is 28.7 Å². The van der Waals surface area contributed by atoms with Crippen LogP contribution in [0.2, 0.25) is 5.02 Å². The lowest BCUT2D eigenvalue weighted by Crippen LogP contribution is -1.98. The fourth-order valence-electron chi connectivity index (χ4n) is 1.60. The van der Waals surface area contributed by atoms with Crippen molar-refractivity contribution in [3.8, 4) is 0 Å². The molecule has 4 heteroatoms. The number of halogens is 2. The van der Waals surface area contributed by atoms with Gasteiger partial charge in [-0.15, -0.1) is 0 Å². The summed E-state index contributed by atoms with van der Waals surface area (Å²) in [4.78, 5) is 7.48. The van der Waals surface area contributed by atoms with Crippen LogP contribution in [-0.2, 0) is 6.42 Å². The zero-order chi connectivity index (χ0) is 11.5. The predicted octanol–water partition coefficient (Wildman–Crippen LogP) is 4.05. The number of rotatable bonds is 3. The molecular formula is C12H12BrClN2. The summed E-state index contributed by atoms with van der Waals surface area (Å²) in [5.74, 6) is 0.958. The molecule has 0 saturated carbocycles. The van der Waals surface area contributed by atoms with Gasteiger partial charge in [-0.2, -0.15) is 0 Å². The van der Waals surface area contributed by atoms with Crippen LogP contribution in [0.25, 0.3) is 0 Å². The molecular weight excluding hydrogens is 288 g/mol. The normalized spacial score (nSPS) is 12.7. The van der Waals surface area contributed by atoms with Gasteiger partial charge in [0.15, 0.2) is 0 Å². The second kappa shape index (κ2) is 5.02. The second-order valence-corrected chi connectivity index (χ2v) is 5.17. The molecule has 0 radical (unpaired) electrons. The molecule has 0 aliphatic carbocycles. The lowest BCUT2D eigenvalue weighted by atomic mass is 10.1. The van der Waals surface area contributed by atoms with Crippen LogP contribution in [0.5, 0.6) is 0 Å². The highest BCUT2D eigenvalue weighted by molar-refractivity contribution is 9.09. The van der Waals surface area contributed by atoms with Gasteiger partial charge in [0.1, 0.15) is 5.82 Å². The second-order valence-electron chi connectivity index (χ2n) is 3.69. The Kier molecular flexibility index (Phi) is 3.66. The van der Waals surface area contributed by atoms with E-state index in [2.05, 4.69) is 25.9 Å². The quantitative estimate of drug-likeness (QED) is 0.851. The molecule has 0 aliphatic rings. The summed E-state index contributed by atoms with van der Waals surface area (Å²) < 4.78 is 0. The van der Waals surface area contributed by atoms with E-state index in [1.165, 1.54) is 0 Å². The van der Waals surface area contributed by atoms with E-state index < -0.39 is 0 Å². The number of alkyl halides is 1. The first-order valence-electron chi connectivity index (χ1n) is 5.06. The van der Waals surface area contributed by atoms with Gasteiger partial charge >= 0.3 is 0 Å². The highest BCUT2D eigenvalue weighted by atomic mass is 79.9. The van der Waals surface area contributed by atoms with Crippen molar-refractivity contribution >= 4 is 27.5 Å². The van der Waals surface area contributed by atoms with E-state index in [0.717, 1.165) is 28.4 Å². The van der Waals surface area contributed by atoms with Crippen LogP contribution in [0, 0.1) is 6.92 Å². The number of hydrogen-bond donors (Lipinski definition) is 1. The van der Waals surface area contributed by atoms with Crippen molar-refractivity contribution < 1.29 is 0 Å². The maximum Gasteiger partial charge on any atom is 0.107 e. The third-order valence-electron chi connectivity index (χ3n) is 2.49. The van der Waals surface area contributed by atoms with E-state index in [9.17, 15) is 0 Å². The van der Waals surface area contributed by atoms with E-state index in [1.54, 1.807) is 6.20 Å². The lowest BCUT2D eigenvalue weighted by Gasteiger charge is -2.12. The van der Waals surface area contributed by atoms with E-state index in [4.69, 9.17) is 11.6 Å². The zero-order valence-corrected chi connectivity index (χ0v) is 11.2. The molecule has 0 fully saturated rings. The number of aromatic nitrogens is 2. The number of aromatic amines is 1. The molecule has 0 saturated heterocycles. The summed E-state index contributed by atoms with van der Waals surface area (Å²) >= 11 is 9.92. The van der Waals surface area contributed by atoms with Crippen LogP contribution < -0.4 is 0 Å². The molecule has 0 spiro atoms. The minimum atomic E-state index is 0.186. The summed E-state index contributed by atoms with van der Waals surface area (Å²) in [5.41, 5.74) is 2.21. The fraction of sp³-hybridized carbons (Fsp3) is 0.250. The molecule has 0 aliphatic heterocycles. The van der Waals surface area contributed by atoms with Crippen LogP contribution in [0.15, 0.2) is 30.6 Å². The van der Waals surface area contributed by atoms with E-state index in [-0.39, 0.29) is 4.83 Å². The first-order valence-corrected chi connectivity index (χ1v) is 6.35. The molecule has 1 aromatic heterocycles. The number of hydrogen-bond acceptors (Lipinski definition) is 1. The highest BCUT2D eigenvalue weighted by Crippen LogP contribution is 2.33. The van der Waals surface area contributed by atoms with Crippen LogP contribution in [0.3, 0.4) is 0 Å². The Bertz CT molecular complexity index is 468. The van der Waals surface area contributed by atoms with Crippen molar-refractivity contribution in [2.75, 3.05) is 0 Å². The molecule has 16 heavy (non-hydrogen) atoms. The minimum absolute atomic E-state index is 0.186. The van der Waals surface area contributed by atoms with Gasteiger partial charge < -0.3 is 4.98 Å². The van der Waals surface area contributed by atoms with Crippen molar-refractivity contribution in [3.63, 3.8) is 0 Å². The Morgan fingerprint density at radius 2 is 2.31 bits per heavy atom. The maximum atomic E-state index is 6.27. The van der Waals surface area contributed by atoms with Crippen molar-refractivity contribution in [1.82, 2.24) is 9.97 Å². The molecule has 0 bridgehead atoms. The Morgan fingerprint density at radius 3 is 3.00 bits per heavy atom. The number of H-pyrrole nitrogens is 1. The third kappa shape index (κ3) is 2.47. The van der Waals surface area contributed by atoms with Crippen molar-refractivity contribution in [1.29, 1.82) is 0 Å². The molecule has 0 amide bonds. The number of benzene rings is 1. The van der Waals surface area contributed by atoms with Gasteiger partial charge in [0.25, 0.3) is 0 Å². The van der Waals surface area contributed by atoms with E-state index in [1.807, 2.05) is 31.3 Å². The van der Waals surface area contributed by atoms with E-state index >= 15 is 0 Å². The SMILES string of the molecule is Cc1cccc(C(Br)Cc2ncc[nH]2)c1Cl. The maximum absolute atomic E-state index is 6.27. The Hall–Kier alpha value is -0.800. The molecule has 2 nitrogen and oxygen atoms in total. The minimum Gasteiger partial charge on any atom is -0.349 e. The van der Waals surface area contributed by atoms with Crippen molar-refractivity contribution in [3.05, 3.63) is 52.6 Å². The number of nitrogens with one attached hydrogen (secondary N) is 1. The molecule has 1 aromatic carbocycles. The van der Waals surface area contributed by atoms with Gasteiger partial charge in [0.2, 0.25) is 0 Å². The lowest BCUT2D eigenvalue weighted by molar-refractivity contribution is 0.875. The first-order chi connectivity index (χ1) is 7.68. The van der Waals surface area contributed by atoms with Crippen LogP contribution >= 0.6 is 27.5 Å². The van der Waals surface area contributed by atoms with Gasteiger partial charge in [0.05, 0.1) is 0 Å². The van der Waals surface area contributed by atoms with Crippen molar-refractivity contribution in [2.45, 2.75) is 18.2 Å². The standard InChI is InChI=1S/C12H12BrClN2/c1-8-3-2-4-9(12(8)14)10(13)7-11-15-5-6-16-11/h2-6,10H,7H2,1H3,(H,15,16). The van der Waals surface area contributed by atoms with Crippen LogP contribution in [-0.4, -0.2) is 9.97 Å². The third-order valence-corrected chi connectivity index (χ3v) is 3.82. The van der Waals surface area contributed by atoms with Gasteiger partial charge in [-0.25, -0.2) is 4.98 Å². The Balaban J connectivity index is 2.21. The van der Waals surface area contributed by atoms with Gasteiger partial charge in [-0.05, 0) is 18.1 Å². The number of imidazole rings is 1. The summed E-state index contributed by atoms with van der Waals surface area (Å²) in [5, 5.41) is 0.830. The van der Waals surface area contributed by atoms with Gasteiger partial charge in [-0.3, -0.25) is 0 Å². The first kappa shape index (κ1) is 11.7. The molecule has 2 rings (SSSR count). The predicted molar refractivity (Wildman–Crippen MR) is 70.1 cm³/mol. The average Bonchev–Trinajstić information content (AvgIpc) is 2.74. The van der Waals surface area contributed by atoms with Crippen LogP contribution in [0.1, 0.15) is 21.8 Å². The Morgan fingerprint density at radius 1 is 1.50 bits per heavy atom. The van der Waals surface area contributed by atoms with Crippen molar-refractivity contribution in [2.24, 2.45) is 0 Å². The molecule has 1 unspecified atom stereocenters. The molecule has 1 N–H and O–H groups in total. The van der Waals surface area contributed by atoms with Crippen LogP contribution in [0.4, 0.5) is 0 Å². The molecule has 1 heterocycles. The molecule has 1 atom stereocenters. The molecule has 84 valence electrons. The largest absolute Gasteiger partial charge is 0.349 e. The number of aryl methyl sites for hydroxylation is 1. The highest BCUT2D eigenvalue weighted by Gasteiger charge is 2.14. The topological polar surface area (TPSA) is 28.7 Å². The fourth-order valence-corrected chi connectivity index (χ4v) is 2.68. The average molecular weight is 300 g/mol. The summed E-state index contributed by atoms with van der Waals surface area (Å²) in [7, 11) is 0. The molecule has 2 aromatic rings. The zero-order valence-electron chi connectivity index (χ0n) is 8.87. The van der Waals surface area contributed by atoms with Gasteiger partial charge in [-0.1, -0.05) is 45.7 Å². The number of nitrogens with zero attached hydrogens (tertiary/aromatic N) is 1. The smallest absolute Gasteiger partial charge is 0.107 e.